The van der Waals surface area contributed by atoms with E-state index in [1.165, 1.54) is 16.7 Å². The quantitative estimate of drug-likeness (QED) is 0.521. The van der Waals surface area contributed by atoms with Crippen LogP contribution in [0.4, 0.5) is 0 Å². The summed E-state index contributed by atoms with van der Waals surface area (Å²) in [5.41, 5.74) is 8.54. The minimum absolute atomic E-state index is 0.663. The van der Waals surface area contributed by atoms with Crippen molar-refractivity contribution in [1.29, 1.82) is 5.26 Å². The summed E-state index contributed by atoms with van der Waals surface area (Å²) in [4.78, 5) is 10.5. The van der Waals surface area contributed by atoms with Crippen LogP contribution in [0.25, 0.3) is 33.4 Å². The fourth-order valence-electron chi connectivity index (χ4n) is 4.22. The van der Waals surface area contributed by atoms with Crippen molar-refractivity contribution >= 4 is 11.0 Å². The van der Waals surface area contributed by atoms with Gasteiger partial charge < -0.3 is 9.72 Å². The molecule has 0 amide bonds. The Hall–Kier alpha value is -3.46. The maximum Gasteiger partial charge on any atom is 0.138 e. The van der Waals surface area contributed by atoms with Crippen molar-refractivity contribution in [1.82, 2.24) is 14.9 Å². The molecule has 0 atom stereocenters. The molecule has 0 bridgehead atoms. The Morgan fingerprint density at radius 1 is 1.03 bits per heavy atom. The summed E-state index contributed by atoms with van der Waals surface area (Å²) >= 11 is 0. The van der Waals surface area contributed by atoms with Crippen molar-refractivity contribution in [2.45, 2.75) is 13.5 Å². The first-order chi connectivity index (χ1) is 15.2. The second-order valence-electron chi connectivity index (χ2n) is 8.03. The highest BCUT2D eigenvalue weighted by atomic mass is 16.5. The van der Waals surface area contributed by atoms with Gasteiger partial charge in [-0.05, 0) is 59.5 Å². The number of nitrogens with one attached hydrogen (secondary N) is 1. The maximum absolute atomic E-state index is 9.08. The molecule has 1 N–H and O–H groups in total. The van der Waals surface area contributed by atoms with Crippen LogP contribution in [-0.4, -0.2) is 41.2 Å². The topological polar surface area (TPSA) is 64.9 Å². The van der Waals surface area contributed by atoms with E-state index in [0.717, 1.165) is 60.7 Å². The lowest BCUT2D eigenvalue weighted by molar-refractivity contribution is 0.0342. The third-order valence-corrected chi connectivity index (χ3v) is 5.96. The lowest BCUT2D eigenvalue weighted by Crippen LogP contribution is -2.35. The molecule has 1 aliphatic heterocycles. The molecule has 5 rings (SSSR count). The number of nitriles is 1. The van der Waals surface area contributed by atoms with Crippen molar-refractivity contribution in [2.75, 3.05) is 26.3 Å². The number of H-pyrrole nitrogens is 1. The Kier molecular flexibility index (Phi) is 5.25. The summed E-state index contributed by atoms with van der Waals surface area (Å²) in [5, 5.41) is 10.2. The molecule has 0 unspecified atom stereocenters. The molecule has 2 aromatic carbocycles. The Labute approximate surface area is 181 Å². The number of aromatic nitrogens is 2. The predicted molar refractivity (Wildman–Crippen MR) is 123 cm³/mol. The summed E-state index contributed by atoms with van der Waals surface area (Å²) in [6.45, 7) is 6.66. The van der Waals surface area contributed by atoms with Crippen LogP contribution in [-0.2, 0) is 11.3 Å². The largest absolute Gasteiger partial charge is 0.379 e. The van der Waals surface area contributed by atoms with E-state index in [9.17, 15) is 0 Å². The van der Waals surface area contributed by atoms with Crippen LogP contribution in [0.1, 0.15) is 16.7 Å². The lowest BCUT2D eigenvalue weighted by atomic mass is 10.00. The SMILES string of the molecule is Cc1ccc(CN2CCOCC2)cc1-c1cc2c(-c3ccc(C#N)cc3)ccnc2[nH]1. The van der Waals surface area contributed by atoms with E-state index in [0.29, 0.717) is 5.56 Å². The van der Waals surface area contributed by atoms with Gasteiger partial charge in [0.25, 0.3) is 0 Å². The summed E-state index contributed by atoms with van der Waals surface area (Å²) in [6, 6.07) is 20.8. The summed E-state index contributed by atoms with van der Waals surface area (Å²) in [7, 11) is 0. The highest BCUT2D eigenvalue weighted by Gasteiger charge is 2.14. The minimum atomic E-state index is 0.663. The van der Waals surface area contributed by atoms with Crippen LogP contribution in [0.3, 0.4) is 0 Å². The number of aryl methyl sites for hydroxylation is 1. The Balaban J connectivity index is 1.52. The number of hydrogen-bond donors (Lipinski definition) is 1. The zero-order valence-electron chi connectivity index (χ0n) is 17.6. The van der Waals surface area contributed by atoms with Gasteiger partial charge >= 0.3 is 0 Å². The first kappa shape index (κ1) is 19.5. The lowest BCUT2D eigenvalue weighted by Gasteiger charge is -2.26. The van der Waals surface area contributed by atoms with Gasteiger partial charge in [0.2, 0.25) is 0 Å². The molecule has 0 spiro atoms. The number of hydrogen-bond acceptors (Lipinski definition) is 4. The average Bonchev–Trinajstić information content (AvgIpc) is 3.25. The van der Waals surface area contributed by atoms with Crippen LogP contribution in [0, 0.1) is 18.3 Å². The number of benzene rings is 2. The normalized spacial score (nSPS) is 14.6. The van der Waals surface area contributed by atoms with Gasteiger partial charge in [-0.2, -0.15) is 5.26 Å². The standard InChI is InChI=1S/C26H24N4O/c1-18-2-3-20(17-30-10-12-31-13-11-30)14-23(18)25-15-24-22(8-9-28-26(24)29-25)21-6-4-19(16-27)5-7-21/h2-9,14-15H,10-13,17H2,1H3,(H,28,29). The molecule has 5 heteroatoms. The van der Waals surface area contributed by atoms with Crippen LogP contribution < -0.4 is 0 Å². The van der Waals surface area contributed by atoms with E-state index in [1.54, 1.807) is 0 Å². The molecule has 4 aromatic rings. The average molecular weight is 409 g/mol. The third kappa shape index (κ3) is 3.96. The van der Waals surface area contributed by atoms with E-state index >= 15 is 0 Å². The molecule has 31 heavy (non-hydrogen) atoms. The Morgan fingerprint density at radius 3 is 2.61 bits per heavy atom. The van der Waals surface area contributed by atoms with E-state index in [2.05, 4.69) is 52.1 Å². The molecule has 1 fully saturated rings. The van der Waals surface area contributed by atoms with Crippen molar-refractivity contribution in [3.63, 3.8) is 0 Å². The van der Waals surface area contributed by atoms with Gasteiger partial charge in [0.15, 0.2) is 0 Å². The fourth-order valence-corrected chi connectivity index (χ4v) is 4.22. The molecule has 0 radical (unpaired) electrons. The second-order valence-corrected chi connectivity index (χ2v) is 8.03. The van der Waals surface area contributed by atoms with Crippen LogP contribution in [0.15, 0.2) is 60.8 Å². The zero-order chi connectivity index (χ0) is 21.2. The Morgan fingerprint density at radius 2 is 1.84 bits per heavy atom. The zero-order valence-corrected chi connectivity index (χ0v) is 17.6. The minimum Gasteiger partial charge on any atom is -0.379 e. The van der Waals surface area contributed by atoms with Crippen LogP contribution in [0.2, 0.25) is 0 Å². The van der Waals surface area contributed by atoms with Crippen LogP contribution in [0.5, 0.6) is 0 Å². The van der Waals surface area contributed by atoms with Crippen LogP contribution >= 0.6 is 0 Å². The van der Waals surface area contributed by atoms with Crippen molar-refractivity contribution in [3.05, 3.63) is 77.5 Å². The van der Waals surface area contributed by atoms with E-state index in [4.69, 9.17) is 10.00 Å². The number of nitrogens with zero attached hydrogens (tertiary/aromatic N) is 3. The van der Waals surface area contributed by atoms with E-state index in [1.807, 2.05) is 36.5 Å². The summed E-state index contributed by atoms with van der Waals surface area (Å²) in [6.07, 6.45) is 1.83. The van der Waals surface area contributed by atoms with Gasteiger partial charge in [-0.15, -0.1) is 0 Å². The summed E-state index contributed by atoms with van der Waals surface area (Å²) < 4.78 is 5.47. The maximum atomic E-state index is 9.08. The molecular weight excluding hydrogens is 384 g/mol. The van der Waals surface area contributed by atoms with Gasteiger partial charge in [0, 0.05) is 42.5 Å². The molecule has 0 aliphatic carbocycles. The first-order valence-corrected chi connectivity index (χ1v) is 10.6. The van der Waals surface area contributed by atoms with Gasteiger partial charge in [-0.1, -0.05) is 24.3 Å². The molecule has 5 nitrogen and oxygen atoms in total. The number of pyridine rings is 1. The summed E-state index contributed by atoms with van der Waals surface area (Å²) in [5.74, 6) is 0. The Bertz CT molecular complexity index is 1260. The molecule has 1 saturated heterocycles. The highest BCUT2D eigenvalue weighted by molar-refractivity contribution is 5.96. The van der Waals surface area contributed by atoms with Gasteiger partial charge in [0.1, 0.15) is 5.65 Å². The molecule has 3 heterocycles. The fraction of sp³-hybridized carbons (Fsp3) is 0.231. The third-order valence-electron chi connectivity index (χ3n) is 5.96. The number of ether oxygens (including phenoxy) is 1. The van der Waals surface area contributed by atoms with Crippen molar-refractivity contribution in [3.8, 4) is 28.5 Å². The molecule has 0 saturated carbocycles. The number of morpholine rings is 1. The molecule has 1 aliphatic rings. The van der Waals surface area contributed by atoms with Crippen molar-refractivity contribution < 1.29 is 4.74 Å². The van der Waals surface area contributed by atoms with E-state index < -0.39 is 0 Å². The smallest absolute Gasteiger partial charge is 0.138 e. The monoisotopic (exact) mass is 408 g/mol. The highest BCUT2D eigenvalue weighted by Crippen LogP contribution is 2.33. The van der Waals surface area contributed by atoms with E-state index in [-0.39, 0.29) is 0 Å². The second kappa shape index (κ2) is 8.35. The van der Waals surface area contributed by atoms with Gasteiger partial charge in [-0.25, -0.2) is 4.98 Å². The van der Waals surface area contributed by atoms with Crippen molar-refractivity contribution in [2.24, 2.45) is 0 Å². The first-order valence-electron chi connectivity index (χ1n) is 10.6. The van der Waals surface area contributed by atoms with Gasteiger partial charge in [0.05, 0.1) is 24.8 Å². The molecular formula is C26H24N4O. The molecule has 154 valence electrons. The molecule has 2 aromatic heterocycles. The predicted octanol–water partition coefficient (Wildman–Crippen LogP) is 4.91. The van der Waals surface area contributed by atoms with Gasteiger partial charge in [-0.3, -0.25) is 4.90 Å². The number of rotatable bonds is 4. The number of aromatic amines is 1. The number of fused-ring (bicyclic) bond motifs is 1.